The number of piperidine rings is 1. The second-order valence-corrected chi connectivity index (χ2v) is 9.35. The molecule has 1 heterocycles. The van der Waals surface area contributed by atoms with E-state index in [-0.39, 0.29) is 46.9 Å². The summed E-state index contributed by atoms with van der Waals surface area (Å²) in [5.41, 5.74) is -3.74. The minimum atomic E-state index is -5.48. The number of hydrogen-bond acceptors (Lipinski definition) is 5. The van der Waals surface area contributed by atoms with Crippen molar-refractivity contribution in [1.82, 2.24) is 10.6 Å². The van der Waals surface area contributed by atoms with Crippen LogP contribution in [0.4, 0.5) is 18.9 Å². The largest absolute Gasteiger partial charge is 0.516 e. The van der Waals surface area contributed by atoms with E-state index in [1.165, 1.54) is 25.3 Å². The molecule has 2 atom stereocenters. The van der Waals surface area contributed by atoms with E-state index in [2.05, 4.69) is 22.8 Å². The highest BCUT2D eigenvalue weighted by Crippen LogP contribution is 2.32. The summed E-state index contributed by atoms with van der Waals surface area (Å²) in [6, 6.07) is 14.4. The number of benzene rings is 2. The monoisotopic (exact) mass is 529 g/mol. The van der Waals surface area contributed by atoms with Gasteiger partial charge >= 0.3 is 15.5 Å². The van der Waals surface area contributed by atoms with Crippen LogP contribution in [0, 0.1) is 0 Å². The second-order valence-electron chi connectivity index (χ2n) is 7.39. The van der Waals surface area contributed by atoms with Crippen molar-refractivity contribution in [1.29, 1.82) is 0 Å². The minimum absolute atomic E-state index is 0. The maximum absolute atomic E-state index is 12.9. The summed E-state index contributed by atoms with van der Waals surface area (Å²) in [6.45, 7) is 1.21. The van der Waals surface area contributed by atoms with Crippen molar-refractivity contribution in [3.8, 4) is 5.75 Å². The Morgan fingerprint density at radius 3 is 2.42 bits per heavy atom. The van der Waals surface area contributed by atoms with Crippen LogP contribution >= 0.6 is 24.8 Å². The molecule has 0 aliphatic carbocycles. The summed E-state index contributed by atoms with van der Waals surface area (Å²) >= 11 is 0. The van der Waals surface area contributed by atoms with Gasteiger partial charge in [0.1, 0.15) is 5.75 Å². The van der Waals surface area contributed by atoms with Crippen LogP contribution in [-0.2, 0) is 16.6 Å². The Morgan fingerprint density at radius 2 is 1.82 bits per heavy atom. The van der Waals surface area contributed by atoms with Gasteiger partial charge in [0.05, 0.1) is 12.8 Å². The van der Waals surface area contributed by atoms with Crippen molar-refractivity contribution in [2.75, 3.05) is 25.0 Å². The molecular formula is C21H28Cl2F3N3O3S. The van der Waals surface area contributed by atoms with E-state index in [1.807, 2.05) is 18.2 Å². The predicted molar refractivity (Wildman–Crippen MR) is 128 cm³/mol. The Morgan fingerprint density at radius 1 is 1.15 bits per heavy atom. The molecule has 1 saturated heterocycles. The normalized spacial score (nSPS) is 18.6. The smallest absolute Gasteiger partial charge is 0.496 e. The summed E-state index contributed by atoms with van der Waals surface area (Å²) in [5, 5.41) is 6.97. The maximum Gasteiger partial charge on any atom is 0.516 e. The van der Waals surface area contributed by atoms with Crippen LogP contribution in [0.3, 0.4) is 0 Å². The van der Waals surface area contributed by atoms with Crippen molar-refractivity contribution in [2.45, 2.75) is 37.0 Å². The first-order chi connectivity index (χ1) is 14.6. The van der Waals surface area contributed by atoms with E-state index in [1.54, 1.807) is 0 Å². The van der Waals surface area contributed by atoms with Crippen LogP contribution in [0.1, 0.15) is 30.0 Å². The molecule has 186 valence electrons. The fourth-order valence-corrected chi connectivity index (χ4v) is 4.45. The maximum atomic E-state index is 12.9. The molecule has 0 spiro atoms. The summed E-state index contributed by atoms with van der Waals surface area (Å²) in [4.78, 5) is 0. The van der Waals surface area contributed by atoms with Crippen LogP contribution in [0.15, 0.2) is 48.5 Å². The number of sulfonamides is 1. The molecule has 6 nitrogen and oxygen atoms in total. The minimum Gasteiger partial charge on any atom is -0.496 e. The first-order valence-electron chi connectivity index (χ1n) is 9.89. The fraction of sp³-hybridized carbons (Fsp3) is 0.429. The molecule has 2 aromatic carbocycles. The van der Waals surface area contributed by atoms with E-state index in [9.17, 15) is 21.6 Å². The number of nitrogens with zero attached hydrogens (tertiary/aromatic N) is 1. The van der Waals surface area contributed by atoms with Gasteiger partial charge in [-0.05, 0) is 43.1 Å². The number of ether oxygens (including phenoxy) is 1. The highest BCUT2D eigenvalue weighted by atomic mass is 35.5. The number of rotatable bonds is 7. The predicted octanol–water partition coefficient (Wildman–Crippen LogP) is 4.41. The third-order valence-corrected chi connectivity index (χ3v) is 6.97. The van der Waals surface area contributed by atoms with Crippen LogP contribution in [0.2, 0.25) is 0 Å². The van der Waals surface area contributed by atoms with Crippen molar-refractivity contribution in [2.24, 2.45) is 0 Å². The number of halogens is 5. The first kappa shape index (κ1) is 29.3. The molecule has 0 aromatic heterocycles. The zero-order valence-corrected chi connectivity index (χ0v) is 20.6. The summed E-state index contributed by atoms with van der Waals surface area (Å²) in [7, 11) is -3.13. The molecule has 33 heavy (non-hydrogen) atoms. The number of hydrogen-bond donors (Lipinski definition) is 2. The standard InChI is InChI=1S/C21H26F3N3O3S.2ClH/c1-27(31(28,29)21(22,23)24)17-10-11-19(30-2)16(13-17)14-26-18-9-6-12-25-20(18)15-7-4-3-5-8-15;;/h3-5,7-8,10-11,13,18,20,25-26H,6,9,12,14H2,1-2H3;2*1H/t18-,20-;;/m0../s1. The van der Waals surface area contributed by atoms with E-state index >= 15 is 0 Å². The molecule has 12 heteroatoms. The Balaban J connectivity index is 0.00000272. The van der Waals surface area contributed by atoms with Gasteiger partial charge in [-0.25, -0.2) is 0 Å². The molecule has 0 unspecified atom stereocenters. The lowest BCUT2D eigenvalue weighted by Gasteiger charge is -2.34. The second kappa shape index (κ2) is 12.1. The first-order valence-corrected chi connectivity index (χ1v) is 11.3. The van der Waals surface area contributed by atoms with Gasteiger partial charge in [0, 0.05) is 31.2 Å². The van der Waals surface area contributed by atoms with Crippen molar-refractivity contribution < 1.29 is 26.3 Å². The van der Waals surface area contributed by atoms with Crippen molar-refractivity contribution >= 4 is 40.5 Å². The quantitative estimate of drug-likeness (QED) is 0.555. The Kier molecular flexibility index (Phi) is 10.8. The van der Waals surface area contributed by atoms with E-state index < -0.39 is 15.5 Å². The van der Waals surface area contributed by atoms with Crippen LogP contribution in [-0.4, -0.2) is 40.7 Å². The molecule has 3 rings (SSSR count). The average molecular weight is 530 g/mol. The highest BCUT2D eigenvalue weighted by molar-refractivity contribution is 7.93. The van der Waals surface area contributed by atoms with Crippen LogP contribution < -0.4 is 19.7 Å². The van der Waals surface area contributed by atoms with E-state index in [0.29, 0.717) is 17.9 Å². The zero-order chi connectivity index (χ0) is 22.6. The molecule has 1 aliphatic rings. The number of anilines is 1. The zero-order valence-electron chi connectivity index (χ0n) is 18.1. The topological polar surface area (TPSA) is 70.7 Å². The lowest BCUT2D eigenvalue weighted by molar-refractivity contribution is -0.0437. The summed E-state index contributed by atoms with van der Waals surface area (Å²) in [6.07, 6.45) is 1.92. The molecule has 0 bridgehead atoms. The van der Waals surface area contributed by atoms with Gasteiger partial charge in [-0.15, -0.1) is 24.8 Å². The van der Waals surface area contributed by atoms with E-state index in [0.717, 1.165) is 32.0 Å². The van der Waals surface area contributed by atoms with Crippen molar-refractivity contribution in [3.05, 3.63) is 59.7 Å². The van der Waals surface area contributed by atoms with Gasteiger partial charge in [0.25, 0.3) is 0 Å². The van der Waals surface area contributed by atoms with Crippen molar-refractivity contribution in [3.63, 3.8) is 0 Å². The third kappa shape index (κ3) is 6.66. The summed E-state index contributed by atoms with van der Waals surface area (Å²) in [5.74, 6) is 0.467. The molecular weight excluding hydrogens is 502 g/mol. The van der Waals surface area contributed by atoms with Gasteiger partial charge in [-0.1, -0.05) is 30.3 Å². The van der Waals surface area contributed by atoms with Crippen LogP contribution in [0.5, 0.6) is 5.75 Å². The Labute approximate surface area is 204 Å². The van der Waals surface area contributed by atoms with Gasteiger partial charge in [-0.2, -0.15) is 21.6 Å². The lowest BCUT2D eigenvalue weighted by atomic mass is 9.92. The molecule has 0 amide bonds. The Bertz CT molecular complexity index is 995. The van der Waals surface area contributed by atoms with Gasteiger partial charge in [0.15, 0.2) is 0 Å². The van der Waals surface area contributed by atoms with E-state index in [4.69, 9.17) is 4.74 Å². The SMILES string of the molecule is COc1ccc(N(C)S(=O)(=O)C(F)(F)F)cc1CN[C@H]1CCCN[C@H]1c1ccccc1.Cl.Cl. The van der Waals surface area contributed by atoms with Crippen LogP contribution in [0.25, 0.3) is 0 Å². The third-order valence-electron chi connectivity index (χ3n) is 5.45. The average Bonchev–Trinajstić information content (AvgIpc) is 2.77. The number of alkyl halides is 3. The molecule has 1 aliphatic heterocycles. The van der Waals surface area contributed by atoms with Gasteiger partial charge < -0.3 is 15.4 Å². The summed E-state index contributed by atoms with van der Waals surface area (Å²) < 4.78 is 67.9. The van der Waals surface area contributed by atoms with Gasteiger partial charge in [0.2, 0.25) is 0 Å². The molecule has 2 aromatic rings. The highest BCUT2D eigenvalue weighted by Gasteiger charge is 2.49. The molecule has 1 fully saturated rings. The molecule has 2 N–H and O–H groups in total. The lowest BCUT2D eigenvalue weighted by Crippen LogP contribution is -2.45. The molecule has 0 radical (unpaired) electrons. The number of nitrogens with one attached hydrogen (secondary N) is 2. The Hall–Kier alpha value is -1.72. The van der Waals surface area contributed by atoms with Gasteiger partial charge in [-0.3, -0.25) is 4.31 Å². The number of methoxy groups -OCH3 is 1. The molecule has 0 saturated carbocycles. The fourth-order valence-electron chi connectivity index (χ4n) is 3.75.